The van der Waals surface area contributed by atoms with Gasteiger partial charge in [0.05, 0.1) is 5.69 Å². The van der Waals surface area contributed by atoms with Crippen LogP contribution in [-0.2, 0) is 14.3 Å². The Kier molecular flexibility index (Phi) is 6.48. The normalized spacial score (nSPS) is 18.7. The summed E-state index contributed by atoms with van der Waals surface area (Å²) in [6, 6.07) is 7.38. The van der Waals surface area contributed by atoms with Gasteiger partial charge in [-0.2, -0.15) is 0 Å². The minimum Gasteiger partial charge on any atom is -0.476 e. The second-order valence-electron chi connectivity index (χ2n) is 9.49. The van der Waals surface area contributed by atoms with E-state index in [1.165, 1.54) is 0 Å². The molecule has 170 valence electrons. The SMILES string of the molecule is CC(C)(C)OC(=O)N1CCCN(C(=O)CCN2C(=O)C(C)(C)Oc3ccccc32)CC1. The fourth-order valence-corrected chi connectivity index (χ4v) is 3.78. The molecule has 0 saturated carbocycles. The van der Waals surface area contributed by atoms with Crippen LogP contribution in [-0.4, -0.2) is 71.6 Å². The van der Waals surface area contributed by atoms with Gasteiger partial charge in [-0.05, 0) is 53.2 Å². The number of carbonyl (C=O) groups is 3. The van der Waals surface area contributed by atoms with Gasteiger partial charge in [-0.3, -0.25) is 9.59 Å². The third-order valence-electron chi connectivity index (χ3n) is 5.33. The lowest BCUT2D eigenvalue weighted by molar-refractivity contribution is -0.133. The first-order valence-electron chi connectivity index (χ1n) is 10.8. The molecule has 3 amide bonds. The molecule has 1 saturated heterocycles. The number of rotatable bonds is 3. The van der Waals surface area contributed by atoms with E-state index in [1.54, 1.807) is 28.5 Å². The van der Waals surface area contributed by atoms with E-state index in [0.717, 1.165) is 0 Å². The maximum absolute atomic E-state index is 12.9. The minimum absolute atomic E-state index is 0.0272. The second-order valence-corrected chi connectivity index (χ2v) is 9.49. The van der Waals surface area contributed by atoms with E-state index in [4.69, 9.17) is 9.47 Å². The van der Waals surface area contributed by atoms with Crippen LogP contribution in [0, 0.1) is 0 Å². The molecule has 2 aliphatic heterocycles. The van der Waals surface area contributed by atoms with E-state index >= 15 is 0 Å². The predicted octanol–water partition coefficient (Wildman–Crippen LogP) is 3.05. The maximum Gasteiger partial charge on any atom is 0.410 e. The highest BCUT2D eigenvalue weighted by Gasteiger charge is 2.40. The molecule has 0 bridgehead atoms. The summed E-state index contributed by atoms with van der Waals surface area (Å²) in [5, 5.41) is 0. The van der Waals surface area contributed by atoms with E-state index in [-0.39, 0.29) is 30.9 Å². The summed E-state index contributed by atoms with van der Waals surface area (Å²) in [4.78, 5) is 43.2. The summed E-state index contributed by atoms with van der Waals surface area (Å²) in [5.74, 6) is 0.453. The van der Waals surface area contributed by atoms with Crippen LogP contribution in [0.2, 0.25) is 0 Å². The first-order valence-corrected chi connectivity index (χ1v) is 10.8. The van der Waals surface area contributed by atoms with Crippen LogP contribution in [0.25, 0.3) is 0 Å². The van der Waals surface area contributed by atoms with Crippen molar-refractivity contribution in [3.8, 4) is 5.75 Å². The van der Waals surface area contributed by atoms with E-state index < -0.39 is 11.2 Å². The summed E-state index contributed by atoms with van der Waals surface area (Å²) < 4.78 is 11.3. The van der Waals surface area contributed by atoms with E-state index in [9.17, 15) is 14.4 Å². The van der Waals surface area contributed by atoms with Crippen molar-refractivity contribution >= 4 is 23.6 Å². The van der Waals surface area contributed by atoms with Crippen molar-refractivity contribution in [3.05, 3.63) is 24.3 Å². The van der Waals surface area contributed by atoms with Gasteiger partial charge >= 0.3 is 6.09 Å². The second kappa shape index (κ2) is 8.77. The zero-order valence-electron chi connectivity index (χ0n) is 19.1. The number of anilines is 1. The van der Waals surface area contributed by atoms with Crippen molar-refractivity contribution < 1.29 is 23.9 Å². The molecule has 0 aliphatic carbocycles. The summed E-state index contributed by atoms with van der Waals surface area (Å²) in [5.41, 5.74) is -0.840. The molecule has 2 heterocycles. The quantitative estimate of drug-likeness (QED) is 0.735. The van der Waals surface area contributed by atoms with Gasteiger partial charge in [0, 0.05) is 39.1 Å². The number of hydrogen-bond acceptors (Lipinski definition) is 5. The van der Waals surface area contributed by atoms with Crippen molar-refractivity contribution in [1.29, 1.82) is 0 Å². The molecule has 8 heteroatoms. The molecule has 3 rings (SSSR count). The Hall–Kier alpha value is -2.77. The largest absolute Gasteiger partial charge is 0.476 e. The van der Waals surface area contributed by atoms with Crippen LogP contribution < -0.4 is 9.64 Å². The average Bonchev–Trinajstić information content (AvgIpc) is 2.93. The van der Waals surface area contributed by atoms with Crippen molar-refractivity contribution in [3.63, 3.8) is 0 Å². The maximum atomic E-state index is 12.9. The predicted molar refractivity (Wildman–Crippen MR) is 117 cm³/mol. The molecule has 0 atom stereocenters. The number of hydrogen-bond donors (Lipinski definition) is 0. The fraction of sp³-hybridized carbons (Fsp3) is 0.609. The lowest BCUT2D eigenvalue weighted by Gasteiger charge is -2.38. The van der Waals surface area contributed by atoms with Crippen molar-refractivity contribution in [2.75, 3.05) is 37.6 Å². The van der Waals surface area contributed by atoms with Gasteiger partial charge in [0.25, 0.3) is 5.91 Å². The van der Waals surface area contributed by atoms with Gasteiger partial charge in [-0.15, -0.1) is 0 Å². The highest BCUT2D eigenvalue weighted by Crippen LogP contribution is 2.37. The number of nitrogens with zero attached hydrogens (tertiary/aromatic N) is 3. The highest BCUT2D eigenvalue weighted by molar-refractivity contribution is 6.02. The molecule has 0 N–H and O–H groups in total. The third kappa shape index (κ3) is 5.48. The molecule has 1 fully saturated rings. The third-order valence-corrected chi connectivity index (χ3v) is 5.33. The molecule has 0 unspecified atom stereocenters. The number of amides is 3. The summed E-state index contributed by atoms with van der Waals surface area (Å²) in [6.45, 7) is 11.3. The Bertz CT molecular complexity index is 846. The van der Waals surface area contributed by atoms with Gasteiger partial charge < -0.3 is 24.2 Å². The fourth-order valence-electron chi connectivity index (χ4n) is 3.78. The van der Waals surface area contributed by atoms with Crippen LogP contribution in [0.3, 0.4) is 0 Å². The Morgan fingerprint density at radius 1 is 1.06 bits per heavy atom. The Labute approximate surface area is 184 Å². The number of para-hydroxylation sites is 2. The molecule has 0 spiro atoms. The summed E-state index contributed by atoms with van der Waals surface area (Å²) >= 11 is 0. The van der Waals surface area contributed by atoms with Gasteiger partial charge in [0.2, 0.25) is 5.91 Å². The molecule has 0 aromatic heterocycles. The average molecular weight is 432 g/mol. The molecule has 8 nitrogen and oxygen atoms in total. The molecule has 31 heavy (non-hydrogen) atoms. The first kappa shape index (κ1) is 22.9. The zero-order chi connectivity index (χ0) is 22.8. The molecule has 1 aromatic carbocycles. The lowest BCUT2D eigenvalue weighted by atomic mass is 10.0. The molecular formula is C23H33N3O5. The minimum atomic E-state index is -0.978. The smallest absolute Gasteiger partial charge is 0.410 e. The Balaban J connectivity index is 1.60. The molecule has 2 aliphatic rings. The van der Waals surface area contributed by atoms with Crippen molar-refractivity contribution in [2.45, 2.75) is 58.7 Å². The molecular weight excluding hydrogens is 398 g/mol. The molecule has 1 aromatic rings. The number of ether oxygens (including phenoxy) is 2. The van der Waals surface area contributed by atoms with Gasteiger partial charge in [-0.1, -0.05) is 12.1 Å². The zero-order valence-corrected chi connectivity index (χ0v) is 19.1. The van der Waals surface area contributed by atoms with Crippen molar-refractivity contribution in [1.82, 2.24) is 9.80 Å². The van der Waals surface area contributed by atoms with Crippen LogP contribution in [0.5, 0.6) is 5.75 Å². The van der Waals surface area contributed by atoms with Crippen molar-refractivity contribution in [2.24, 2.45) is 0 Å². The van der Waals surface area contributed by atoms with E-state index in [0.29, 0.717) is 44.0 Å². The summed E-state index contributed by atoms with van der Waals surface area (Å²) in [6.07, 6.45) is 0.555. The van der Waals surface area contributed by atoms with Gasteiger partial charge in [-0.25, -0.2) is 4.79 Å². The standard InChI is InChI=1S/C23H33N3O5/c1-22(2,3)31-21(29)25-13-8-12-24(15-16-25)19(27)11-14-26-17-9-6-7-10-18(17)30-23(4,5)20(26)28/h6-7,9-10H,8,11-16H2,1-5H3. The highest BCUT2D eigenvalue weighted by atomic mass is 16.6. The molecule has 0 radical (unpaired) electrons. The Morgan fingerprint density at radius 2 is 1.71 bits per heavy atom. The monoisotopic (exact) mass is 431 g/mol. The van der Waals surface area contributed by atoms with Gasteiger partial charge in [0.1, 0.15) is 11.4 Å². The number of carbonyl (C=O) groups excluding carboxylic acids is 3. The lowest BCUT2D eigenvalue weighted by Crippen LogP contribution is -2.53. The number of benzene rings is 1. The van der Waals surface area contributed by atoms with Crippen LogP contribution >= 0.6 is 0 Å². The van der Waals surface area contributed by atoms with Gasteiger partial charge in [0.15, 0.2) is 5.60 Å². The Morgan fingerprint density at radius 3 is 2.42 bits per heavy atom. The van der Waals surface area contributed by atoms with E-state index in [2.05, 4.69) is 0 Å². The number of fused-ring (bicyclic) bond motifs is 1. The summed E-state index contributed by atoms with van der Waals surface area (Å²) in [7, 11) is 0. The van der Waals surface area contributed by atoms with Crippen LogP contribution in [0.1, 0.15) is 47.5 Å². The van der Waals surface area contributed by atoms with Crippen LogP contribution in [0.4, 0.5) is 10.5 Å². The first-order chi connectivity index (χ1) is 14.5. The van der Waals surface area contributed by atoms with Crippen LogP contribution in [0.15, 0.2) is 24.3 Å². The van der Waals surface area contributed by atoms with E-state index in [1.807, 2.05) is 45.0 Å². The topological polar surface area (TPSA) is 79.4 Å².